The van der Waals surface area contributed by atoms with Crippen LogP contribution in [0.2, 0.25) is 0 Å². The van der Waals surface area contributed by atoms with E-state index in [1.165, 1.54) is 0 Å². The second-order valence-electron chi connectivity index (χ2n) is 3.04. The van der Waals surface area contributed by atoms with Gasteiger partial charge in [0, 0.05) is 12.6 Å². The zero-order chi connectivity index (χ0) is 11.8. The molecule has 1 heterocycles. The van der Waals surface area contributed by atoms with Crippen molar-refractivity contribution in [1.82, 2.24) is 10.5 Å². The molecule has 0 aliphatic rings. The number of carbonyl (C=O) groups excluding carboxylic acids is 1. The van der Waals surface area contributed by atoms with Gasteiger partial charge in [0.15, 0.2) is 5.82 Å². The number of hydrogen-bond donors (Lipinski definition) is 3. The van der Waals surface area contributed by atoms with Crippen LogP contribution in [-0.2, 0) is 4.74 Å². The number of aliphatic hydroxyl groups excluding tert-OH is 1. The molecule has 1 aromatic rings. The van der Waals surface area contributed by atoms with Crippen LogP contribution in [0.5, 0.6) is 0 Å². The van der Waals surface area contributed by atoms with Gasteiger partial charge in [0.2, 0.25) is 0 Å². The van der Waals surface area contributed by atoms with Crippen LogP contribution >= 0.6 is 0 Å². The normalized spacial score (nSPS) is 10.1. The second kappa shape index (κ2) is 6.81. The lowest BCUT2D eigenvalue weighted by Crippen LogP contribution is -2.31. The highest BCUT2D eigenvalue weighted by molar-refractivity contribution is 5.88. The fourth-order valence-electron chi connectivity index (χ4n) is 0.989. The smallest absolute Gasteiger partial charge is 0.320 e. The number of aliphatic hydroxyl groups is 1. The molecule has 90 valence electrons. The predicted molar refractivity (Wildman–Crippen MR) is 56.2 cm³/mol. The predicted octanol–water partition coefficient (Wildman–Crippen LogP) is 0.113. The van der Waals surface area contributed by atoms with Gasteiger partial charge in [-0.05, 0) is 6.92 Å². The average Bonchev–Trinajstić information content (AvgIpc) is 2.63. The molecule has 0 aliphatic heterocycles. The maximum Gasteiger partial charge on any atom is 0.320 e. The molecule has 7 nitrogen and oxygen atoms in total. The van der Waals surface area contributed by atoms with E-state index in [9.17, 15) is 4.79 Å². The Labute approximate surface area is 92.8 Å². The monoisotopic (exact) mass is 229 g/mol. The Balaban J connectivity index is 2.11. The van der Waals surface area contributed by atoms with Crippen LogP contribution in [0.25, 0.3) is 0 Å². The molecule has 0 unspecified atom stereocenters. The second-order valence-corrected chi connectivity index (χ2v) is 3.04. The molecular formula is C9H15N3O4. The quantitative estimate of drug-likeness (QED) is 0.602. The zero-order valence-electron chi connectivity index (χ0n) is 9.02. The zero-order valence-corrected chi connectivity index (χ0v) is 9.02. The van der Waals surface area contributed by atoms with E-state index < -0.39 is 0 Å². The number of amides is 2. The number of aryl methyl sites for hydroxylation is 1. The van der Waals surface area contributed by atoms with E-state index in [0.29, 0.717) is 24.7 Å². The van der Waals surface area contributed by atoms with Gasteiger partial charge in [-0.25, -0.2) is 4.79 Å². The fourth-order valence-corrected chi connectivity index (χ4v) is 0.989. The summed E-state index contributed by atoms with van der Waals surface area (Å²) in [5.41, 5.74) is 0. The van der Waals surface area contributed by atoms with Gasteiger partial charge in [-0.1, -0.05) is 5.16 Å². The topological polar surface area (TPSA) is 96.6 Å². The summed E-state index contributed by atoms with van der Waals surface area (Å²) in [7, 11) is 0. The van der Waals surface area contributed by atoms with Crippen molar-refractivity contribution in [2.45, 2.75) is 6.92 Å². The molecule has 3 N–H and O–H groups in total. The van der Waals surface area contributed by atoms with Crippen molar-refractivity contribution in [2.75, 3.05) is 31.7 Å². The van der Waals surface area contributed by atoms with Crippen LogP contribution < -0.4 is 10.6 Å². The summed E-state index contributed by atoms with van der Waals surface area (Å²) in [6, 6.07) is 1.24. The van der Waals surface area contributed by atoms with E-state index in [2.05, 4.69) is 15.8 Å². The molecule has 7 heteroatoms. The van der Waals surface area contributed by atoms with Gasteiger partial charge in [-0.3, -0.25) is 5.32 Å². The summed E-state index contributed by atoms with van der Waals surface area (Å²) >= 11 is 0. The number of rotatable bonds is 6. The minimum absolute atomic E-state index is 0.0234. The highest BCUT2D eigenvalue weighted by atomic mass is 16.5. The number of carbonyl (C=O) groups is 1. The molecule has 0 atom stereocenters. The molecule has 2 amide bonds. The summed E-state index contributed by atoms with van der Waals surface area (Å²) in [5.74, 6) is 0.993. The van der Waals surface area contributed by atoms with Crippen molar-refractivity contribution in [3.8, 4) is 0 Å². The Hall–Kier alpha value is -1.60. The largest absolute Gasteiger partial charge is 0.394 e. The summed E-state index contributed by atoms with van der Waals surface area (Å²) in [6.45, 7) is 2.70. The first-order valence-corrected chi connectivity index (χ1v) is 4.89. The number of aromatic nitrogens is 1. The van der Waals surface area contributed by atoms with E-state index in [1.807, 2.05) is 0 Å². The number of nitrogens with zero attached hydrogens (tertiary/aromatic N) is 1. The van der Waals surface area contributed by atoms with Crippen LogP contribution in [-0.4, -0.2) is 42.7 Å². The first kappa shape index (κ1) is 12.5. The van der Waals surface area contributed by atoms with Crippen molar-refractivity contribution in [1.29, 1.82) is 0 Å². The van der Waals surface area contributed by atoms with Gasteiger partial charge < -0.3 is 19.7 Å². The standard InChI is InChI=1S/C9H15N3O4/c1-7-6-8(12-16-7)11-9(14)10-2-4-15-5-3-13/h6,13H,2-5H2,1H3,(H2,10,11,12,14). The summed E-state index contributed by atoms with van der Waals surface area (Å²) in [4.78, 5) is 11.2. The summed E-state index contributed by atoms with van der Waals surface area (Å²) < 4.78 is 9.74. The van der Waals surface area contributed by atoms with Crippen molar-refractivity contribution in [3.63, 3.8) is 0 Å². The van der Waals surface area contributed by atoms with E-state index in [1.54, 1.807) is 13.0 Å². The lowest BCUT2D eigenvalue weighted by molar-refractivity contribution is 0.0950. The highest BCUT2D eigenvalue weighted by Gasteiger charge is 2.04. The Morgan fingerprint density at radius 1 is 1.62 bits per heavy atom. The number of nitrogens with one attached hydrogen (secondary N) is 2. The summed E-state index contributed by atoms with van der Waals surface area (Å²) in [5, 5.41) is 17.1. The van der Waals surface area contributed by atoms with E-state index in [4.69, 9.17) is 14.4 Å². The minimum Gasteiger partial charge on any atom is -0.394 e. The summed E-state index contributed by atoms with van der Waals surface area (Å²) in [6.07, 6.45) is 0. The van der Waals surface area contributed by atoms with Gasteiger partial charge in [0.05, 0.1) is 19.8 Å². The Morgan fingerprint density at radius 3 is 3.06 bits per heavy atom. The molecule has 0 bridgehead atoms. The maximum atomic E-state index is 11.2. The third-order valence-electron chi connectivity index (χ3n) is 1.64. The first-order chi connectivity index (χ1) is 7.72. The third kappa shape index (κ3) is 4.76. The highest BCUT2D eigenvalue weighted by Crippen LogP contribution is 2.05. The first-order valence-electron chi connectivity index (χ1n) is 4.89. The molecule has 16 heavy (non-hydrogen) atoms. The van der Waals surface area contributed by atoms with Crippen molar-refractivity contribution in [3.05, 3.63) is 11.8 Å². The molecule has 1 rings (SSSR count). The molecule has 0 saturated heterocycles. The Bertz CT molecular complexity index is 326. The van der Waals surface area contributed by atoms with E-state index >= 15 is 0 Å². The van der Waals surface area contributed by atoms with Crippen LogP contribution in [0, 0.1) is 6.92 Å². The number of urea groups is 1. The third-order valence-corrected chi connectivity index (χ3v) is 1.64. The maximum absolute atomic E-state index is 11.2. The van der Waals surface area contributed by atoms with Crippen molar-refractivity contribution >= 4 is 11.8 Å². The number of ether oxygens (including phenoxy) is 1. The lowest BCUT2D eigenvalue weighted by Gasteiger charge is -2.05. The van der Waals surface area contributed by atoms with E-state index in [-0.39, 0.29) is 19.2 Å². The molecule has 1 aromatic heterocycles. The van der Waals surface area contributed by atoms with Gasteiger partial charge in [0.25, 0.3) is 0 Å². The molecule has 0 fully saturated rings. The minimum atomic E-state index is -0.374. The molecule has 0 saturated carbocycles. The van der Waals surface area contributed by atoms with Gasteiger partial charge in [-0.15, -0.1) is 0 Å². The van der Waals surface area contributed by atoms with Crippen molar-refractivity contribution in [2.24, 2.45) is 0 Å². The average molecular weight is 229 g/mol. The van der Waals surface area contributed by atoms with Crippen LogP contribution in [0.3, 0.4) is 0 Å². The molecule has 0 aliphatic carbocycles. The van der Waals surface area contributed by atoms with Gasteiger partial charge in [0.1, 0.15) is 5.76 Å². The van der Waals surface area contributed by atoms with Crippen LogP contribution in [0.1, 0.15) is 5.76 Å². The SMILES string of the molecule is Cc1cc(NC(=O)NCCOCCO)no1. The van der Waals surface area contributed by atoms with Gasteiger partial charge >= 0.3 is 6.03 Å². The van der Waals surface area contributed by atoms with E-state index in [0.717, 1.165) is 0 Å². The number of anilines is 1. The number of hydrogen-bond acceptors (Lipinski definition) is 5. The molecular weight excluding hydrogens is 214 g/mol. The molecule has 0 aromatic carbocycles. The van der Waals surface area contributed by atoms with Crippen molar-refractivity contribution < 1.29 is 19.2 Å². The molecule has 0 spiro atoms. The Morgan fingerprint density at radius 2 is 2.44 bits per heavy atom. The van der Waals surface area contributed by atoms with Crippen LogP contribution in [0.4, 0.5) is 10.6 Å². The molecule has 0 radical (unpaired) electrons. The lowest BCUT2D eigenvalue weighted by atomic mass is 10.5. The fraction of sp³-hybridized carbons (Fsp3) is 0.556. The Kier molecular flexibility index (Phi) is 5.30. The van der Waals surface area contributed by atoms with Crippen LogP contribution in [0.15, 0.2) is 10.6 Å². The van der Waals surface area contributed by atoms with Gasteiger partial charge in [-0.2, -0.15) is 0 Å².